The Hall–Kier alpha value is -1.14. The largest absolute Gasteiger partial charge is 0.378 e. The van der Waals surface area contributed by atoms with Gasteiger partial charge in [-0.05, 0) is 33.1 Å². The van der Waals surface area contributed by atoms with Crippen LogP contribution in [0, 0.1) is 12.3 Å². The second kappa shape index (κ2) is 8.81. The van der Waals surface area contributed by atoms with Gasteiger partial charge in [0, 0.05) is 49.2 Å². The molecule has 6 heteroatoms. The lowest BCUT2D eigenvalue weighted by Gasteiger charge is -2.55. The number of rotatable bonds is 8. The van der Waals surface area contributed by atoms with Gasteiger partial charge in [-0.25, -0.2) is 4.98 Å². The van der Waals surface area contributed by atoms with Crippen LogP contribution in [0.1, 0.15) is 49.9 Å². The summed E-state index contributed by atoms with van der Waals surface area (Å²) in [4.78, 5) is 10.1. The second-order valence-corrected chi connectivity index (χ2v) is 7.75. The minimum absolute atomic E-state index is 0.222. The Labute approximate surface area is 150 Å². The van der Waals surface area contributed by atoms with Gasteiger partial charge in [-0.3, -0.25) is 4.99 Å². The summed E-state index contributed by atoms with van der Waals surface area (Å²) in [6.45, 7) is 10.3. The molecule has 2 N–H and O–H groups in total. The van der Waals surface area contributed by atoms with Crippen LogP contribution in [-0.2, 0) is 11.2 Å². The Morgan fingerprint density at radius 3 is 2.71 bits per heavy atom. The average Bonchev–Trinajstić information content (AvgIpc) is 2.99. The van der Waals surface area contributed by atoms with Crippen molar-refractivity contribution < 1.29 is 4.74 Å². The van der Waals surface area contributed by atoms with E-state index in [1.165, 1.54) is 9.88 Å². The average molecular weight is 353 g/mol. The first-order valence-electron chi connectivity index (χ1n) is 9.09. The molecule has 0 bridgehead atoms. The normalized spacial score (nSPS) is 23.0. The Kier molecular flexibility index (Phi) is 7.04. The molecular weight excluding hydrogens is 320 g/mol. The van der Waals surface area contributed by atoms with Gasteiger partial charge in [0.15, 0.2) is 5.96 Å². The van der Waals surface area contributed by atoms with E-state index in [1.807, 2.05) is 13.2 Å². The molecule has 1 aromatic heterocycles. The number of hydrogen-bond donors (Lipinski definition) is 2. The van der Waals surface area contributed by atoms with Gasteiger partial charge in [0.25, 0.3) is 0 Å². The van der Waals surface area contributed by atoms with E-state index in [2.05, 4.69) is 48.3 Å². The van der Waals surface area contributed by atoms with Crippen molar-refractivity contribution in [3.05, 3.63) is 16.1 Å². The lowest BCUT2D eigenvalue weighted by atomic mass is 9.58. The molecule has 0 aromatic carbocycles. The summed E-state index contributed by atoms with van der Waals surface area (Å²) in [5, 5.41) is 8.21. The summed E-state index contributed by atoms with van der Waals surface area (Å²) in [6.07, 6.45) is 6.54. The van der Waals surface area contributed by atoms with Crippen LogP contribution in [0.5, 0.6) is 0 Å². The monoisotopic (exact) mass is 352 g/mol. The van der Waals surface area contributed by atoms with E-state index in [0.717, 1.165) is 44.8 Å². The fourth-order valence-corrected chi connectivity index (χ4v) is 4.53. The molecule has 1 fully saturated rings. The van der Waals surface area contributed by atoms with Gasteiger partial charge in [-0.1, -0.05) is 13.8 Å². The maximum absolute atomic E-state index is 5.96. The highest BCUT2D eigenvalue weighted by Gasteiger charge is 2.53. The van der Waals surface area contributed by atoms with Crippen LogP contribution in [0.15, 0.2) is 11.2 Å². The van der Waals surface area contributed by atoms with Crippen molar-refractivity contribution in [3.63, 3.8) is 0 Å². The molecule has 1 saturated carbocycles. The first kappa shape index (κ1) is 19.2. The molecule has 2 atom stereocenters. The number of aromatic nitrogens is 1. The highest BCUT2D eigenvalue weighted by molar-refractivity contribution is 7.11. The zero-order chi connectivity index (χ0) is 17.6. The van der Waals surface area contributed by atoms with Crippen LogP contribution in [0.4, 0.5) is 0 Å². The Morgan fingerprint density at radius 1 is 1.42 bits per heavy atom. The number of nitrogens with zero attached hydrogens (tertiary/aromatic N) is 2. The number of ether oxygens (including phenoxy) is 1. The smallest absolute Gasteiger partial charge is 0.191 e. The van der Waals surface area contributed by atoms with Gasteiger partial charge in [0.05, 0.1) is 11.1 Å². The minimum atomic E-state index is 0.222. The Balaban J connectivity index is 1.86. The van der Waals surface area contributed by atoms with E-state index in [9.17, 15) is 0 Å². The van der Waals surface area contributed by atoms with Crippen molar-refractivity contribution in [1.82, 2.24) is 15.6 Å². The zero-order valence-electron chi connectivity index (χ0n) is 15.7. The summed E-state index contributed by atoms with van der Waals surface area (Å²) < 4.78 is 5.96. The molecule has 2 rings (SSSR count). The molecule has 2 unspecified atom stereocenters. The van der Waals surface area contributed by atoms with Crippen molar-refractivity contribution >= 4 is 17.3 Å². The third-order valence-corrected chi connectivity index (χ3v) is 6.28. The molecule has 1 aromatic rings. The molecule has 1 aliphatic rings. The molecule has 1 heterocycles. The summed E-state index contributed by atoms with van der Waals surface area (Å²) >= 11 is 1.76. The van der Waals surface area contributed by atoms with Gasteiger partial charge in [-0.15, -0.1) is 11.3 Å². The van der Waals surface area contributed by atoms with Crippen LogP contribution in [0.25, 0.3) is 0 Å². The third-order valence-electron chi connectivity index (χ3n) is 5.30. The van der Waals surface area contributed by atoms with E-state index in [0.29, 0.717) is 12.1 Å². The number of nitrogens with one attached hydrogen (secondary N) is 2. The second-order valence-electron chi connectivity index (χ2n) is 6.43. The number of aliphatic imine (C=N–C) groups is 1. The lowest BCUT2D eigenvalue weighted by Crippen LogP contribution is -2.65. The third kappa shape index (κ3) is 4.09. The molecule has 5 nitrogen and oxygen atoms in total. The molecule has 1 aliphatic carbocycles. The van der Waals surface area contributed by atoms with Crippen molar-refractivity contribution in [1.29, 1.82) is 0 Å². The Bertz CT molecular complexity index is 539. The zero-order valence-corrected chi connectivity index (χ0v) is 16.5. The molecule has 0 saturated heterocycles. The van der Waals surface area contributed by atoms with E-state index in [-0.39, 0.29) is 5.41 Å². The molecule has 0 radical (unpaired) electrons. The molecule has 24 heavy (non-hydrogen) atoms. The van der Waals surface area contributed by atoms with Crippen LogP contribution >= 0.6 is 11.3 Å². The van der Waals surface area contributed by atoms with Crippen molar-refractivity contribution in [3.8, 4) is 0 Å². The highest BCUT2D eigenvalue weighted by Crippen LogP contribution is 2.48. The molecule has 0 amide bonds. The Morgan fingerprint density at radius 2 is 2.17 bits per heavy atom. The SMILES string of the molecule is CCOC1CC(NC(=NC)NCCc2ncc(C)s2)C1(CC)CC. The number of thiazole rings is 1. The van der Waals surface area contributed by atoms with Gasteiger partial charge >= 0.3 is 0 Å². The maximum atomic E-state index is 5.96. The summed E-state index contributed by atoms with van der Waals surface area (Å²) in [6, 6.07) is 0.428. The topological polar surface area (TPSA) is 58.5 Å². The van der Waals surface area contributed by atoms with E-state index in [4.69, 9.17) is 4.74 Å². The first-order valence-corrected chi connectivity index (χ1v) is 9.91. The van der Waals surface area contributed by atoms with Crippen LogP contribution < -0.4 is 10.6 Å². The van der Waals surface area contributed by atoms with Crippen molar-refractivity contribution in [2.24, 2.45) is 10.4 Å². The highest BCUT2D eigenvalue weighted by atomic mass is 32.1. The van der Waals surface area contributed by atoms with Crippen LogP contribution in [0.2, 0.25) is 0 Å². The fraction of sp³-hybridized carbons (Fsp3) is 0.778. The van der Waals surface area contributed by atoms with Crippen molar-refractivity contribution in [2.45, 2.75) is 65.5 Å². The predicted molar refractivity (Wildman–Crippen MR) is 102 cm³/mol. The predicted octanol–water partition coefficient (Wildman–Crippen LogP) is 3.14. The fourth-order valence-electron chi connectivity index (χ4n) is 3.75. The maximum Gasteiger partial charge on any atom is 0.191 e. The van der Waals surface area contributed by atoms with Gasteiger partial charge in [0.2, 0.25) is 0 Å². The standard InChI is InChI=1S/C18H32N4OS/c1-6-18(7-2)14(11-15(18)23-8-3)22-17(19-5)20-10-9-16-21-12-13(4)24-16/h12,14-15H,6-11H2,1-5H3,(H2,19,20,22). The van der Waals surface area contributed by atoms with Gasteiger partial charge < -0.3 is 15.4 Å². The summed E-state index contributed by atoms with van der Waals surface area (Å²) in [7, 11) is 1.83. The number of hydrogen-bond acceptors (Lipinski definition) is 4. The van der Waals surface area contributed by atoms with E-state index in [1.54, 1.807) is 11.3 Å². The quantitative estimate of drug-likeness (QED) is 0.557. The van der Waals surface area contributed by atoms with Crippen LogP contribution in [-0.4, -0.2) is 43.3 Å². The number of aryl methyl sites for hydroxylation is 1. The first-order chi connectivity index (χ1) is 11.6. The summed E-state index contributed by atoms with van der Waals surface area (Å²) in [5.41, 5.74) is 0.222. The molecule has 0 aliphatic heterocycles. The molecular formula is C18H32N4OS. The minimum Gasteiger partial charge on any atom is -0.378 e. The lowest BCUT2D eigenvalue weighted by molar-refractivity contribution is -0.133. The summed E-state index contributed by atoms with van der Waals surface area (Å²) in [5.74, 6) is 0.884. The molecule has 0 spiro atoms. The van der Waals surface area contributed by atoms with E-state index < -0.39 is 0 Å². The van der Waals surface area contributed by atoms with Gasteiger partial charge in [0.1, 0.15) is 0 Å². The van der Waals surface area contributed by atoms with Crippen LogP contribution in [0.3, 0.4) is 0 Å². The van der Waals surface area contributed by atoms with Crippen molar-refractivity contribution in [2.75, 3.05) is 20.2 Å². The molecule has 136 valence electrons. The van der Waals surface area contributed by atoms with Gasteiger partial charge in [-0.2, -0.15) is 0 Å². The number of guanidine groups is 1. The van der Waals surface area contributed by atoms with E-state index >= 15 is 0 Å².